The average molecular weight is 300 g/mol. The molecule has 0 spiro atoms. The molecule has 5 heteroatoms. The molecule has 0 saturated carbocycles. The van der Waals surface area contributed by atoms with Crippen molar-refractivity contribution in [1.29, 1.82) is 0 Å². The zero-order chi connectivity index (χ0) is 15.5. The first-order valence-electron chi connectivity index (χ1n) is 7.64. The molecule has 2 nitrogen and oxygen atoms in total. The van der Waals surface area contributed by atoms with Gasteiger partial charge in [0.25, 0.3) is 0 Å². The van der Waals surface area contributed by atoms with E-state index in [0.29, 0.717) is 30.8 Å². The molecule has 21 heavy (non-hydrogen) atoms. The lowest BCUT2D eigenvalue weighted by atomic mass is 9.96. The monoisotopic (exact) mass is 300 g/mol. The van der Waals surface area contributed by atoms with Crippen molar-refractivity contribution in [2.24, 2.45) is 5.73 Å². The maximum absolute atomic E-state index is 13.4. The highest BCUT2D eigenvalue weighted by atomic mass is 19.4. The molecule has 0 aliphatic carbocycles. The van der Waals surface area contributed by atoms with Crippen LogP contribution in [0.4, 0.5) is 18.9 Å². The van der Waals surface area contributed by atoms with Crippen molar-refractivity contribution in [3.05, 3.63) is 29.3 Å². The Morgan fingerprint density at radius 1 is 1.29 bits per heavy atom. The number of rotatable bonds is 4. The number of alkyl halides is 3. The summed E-state index contributed by atoms with van der Waals surface area (Å²) in [5.74, 6) is 0. The molecular formula is C16H23F3N2. The fourth-order valence-electron chi connectivity index (χ4n) is 3.13. The van der Waals surface area contributed by atoms with Gasteiger partial charge < -0.3 is 10.6 Å². The van der Waals surface area contributed by atoms with Gasteiger partial charge in [0.1, 0.15) is 0 Å². The van der Waals surface area contributed by atoms with Crippen molar-refractivity contribution in [3.63, 3.8) is 0 Å². The largest absolute Gasteiger partial charge is 0.418 e. The smallest absolute Gasteiger partial charge is 0.368 e. The molecular weight excluding hydrogens is 277 g/mol. The molecule has 1 aromatic carbocycles. The van der Waals surface area contributed by atoms with Gasteiger partial charge in [0, 0.05) is 18.3 Å². The van der Waals surface area contributed by atoms with Gasteiger partial charge in [0.15, 0.2) is 0 Å². The lowest BCUT2D eigenvalue weighted by Crippen LogP contribution is -2.40. The van der Waals surface area contributed by atoms with E-state index in [9.17, 15) is 13.2 Å². The topological polar surface area (TPSA) is 29.3 Å². The van der Waals surface area contributed by atoms with Crippen molar-refractivity contribution in [2.75, 3.05) is 18.0 Å². The molecule has 2 N–H and O–H groups in total. The van der Waals surface area contributed by atoms with Gasteiger partial charge in [-0.25, -0.2) is 0 Å². The maximum Gasteiger partial charge on any atom is 0.418 e. The van der Waals surface area contributed by atoms with Gasteiger partial charge >= 0.3 is 6.18 Å². The second-order valence-electron chi connectivity index (χ2n) is 5.64. The molecule has 0 radical (unpaired) electrons. The minimum atomic E-state index is -4.32. The van der Waals surface area contributed by atoms with Crippen LogP contribution in [0.2, 0.25) is 0 Å². The van der Waals surface area contributed by atoms with Gasteiger partial charge in [-0.2, -0.15) is 13.2 Å². The highest BCUT2D eigenvalue weighted by Gasteiger charge is 2.36. The van der Waals surface area contributed by atoms with Crippen LogP contribution in [0.3, 0.4) is 0 Å². The van der Waals surface area contributed by atoms with Crippen molar-refractivity contribution in [2.45, 2.75) is 51.2 Å². The van der Waals surface area contributed by atoms with Gasteiger partial charge in [-0.15, -0.1) is 0 Å². The number of benzene rings is 1. The minimum Gasteiger partial charge on any atom is -0.368 e. The van der Waals surface area contributed by atoms with Gasteiger partial charge in [0.05, 0.1) is 5.56 Å². The van der Waals surface area contributed by atoms with E-state index in [1.54, 1.807) is 12.1 Å². The van der Waals surface area contributed by atoms with E-state index < -0.39 is 11.7 Å². The molecule has 1 fully saturated rings. The normalized spacial score (nSPS) is 19.9. The molecule has 1 heterocycles. The first-order chi connectivity index (χ1) is 9.97. The fraction of sp³-hybridized carbons (Fsp3) is 0.625. The summed E-state index contributed by atoms with van der Waals surface area (Å²) in [6, 6.07) is 4.88. The van der Waals surface area contributed by atoms with Crippen LogP contribution in [-0.2, 0) is 12.6 Å². The number of nitrogens with zero attached hydrogens (tertiary/aromatic N) is 1. The van der Waals surface area contributed by atoms with E-state index in [0.717, 1.165) is 25.7 Å². The van der Waals surface area contributed by atoms with E-state index >= 15 is 0 Å². The summed E-state index contributed by atoms with van der Waals surface area (Å²) in [5, 5.41) is 0. The number of anilines is 1. The average Bonchev–Trinajstić information content (AvgIpc) is 2.46. The van der Waals surface area contributed by atoms with Crippen LogP contribution in [0.5, 0.6) is 0 Å². The number of halogens is 3. The van der Waals surface area contributed by atoms with E-state index in [4.69, 9.17) is 5.73 Å². The summed E-state index contributed by atoms with van der Waals surface area (Å²) in [6.45, 7) is 3.11. The fourth-order valence-corrected chi connectivity index (χ4v) is 3.13. The molecule has 1 saturated heterocycles. The zero-order valence-electron chi connectivity index (χ0n) is 12.4. The Balaban J connectivity index is 2.41. The predicted octanol–water partition coefficient (Wildman–Crippen LogP) is 3.98. The highest BCUT2D eigenvalue weighted by Crippen LogP contribution is 2.39. The summed E-state index contributed by atoms with van der Waals surface area (Å²) >= 11 is 0. The molecule has 0 aromatic heterocycles. The Labute approximate surface area is 124 Å². The number of hydrogen-bond donors (Lipinski definition) is 1. The molecule has 1 aromatic rings. The van der Waals surface area contributed by atoms with E-state index in [-0.39, 0.29) is 6.04 Å². The molecule has 1 unspecified atom stereocenters. The maximum atomic E-state index is 13.4. The lowest BCUT2D eigenvalue weighted by molar-refractivity contribution is -0.137. The van der Waals surface area contributed by atoms with Gasteiger partial charge in [-0.1, -0.05) is 13.0 Å². The van der Waals surface area contributed by atoms with Crippen molar-refractivity contribution in [3.8, 4) is 0 Å². The standard InChI is InChI=1S/C16H23F3N2/c1-2-13-5-3-4-10-21(13)15-7-6-12(8-9-20)11-14(15)16(17,18)19/h6-7,11,13H,2-5,8-10,20H2,1H3. The van der Waals surface area contributed by atoms with Crippen molar-refractivity contribution < 1.29 is 13.2 Å². The second kappa shape index (κ2) is 6.69. The number of piperidine rings is 1. The third-order valence-corrected chi connectivity index (χ3v) is 4.21. The Kier molecular flexibility index (Phi) is 5.14. The summed E-state index contributed by atoms with van der Waals surface area (Å²) in [6.07, 6.45) is 0.0520. The van der Waals surface area contributed by atoms with Crippen LogP contribution in [0.25, 0.3) is 0 Å². The van der Waals surface area contributed by atoms with Crippen LogP contribution in [0, 0.1) is 0 Å². The Morgan fingerprint density at radius 3 is 2.67 bits per heavy atom. The van der Waals surface area contributed by atoms with Crippen LogP contribution < -0.4 is 10.6 Å². The molecule has 0 amide bonds. The third-order valence-electron chi connectivity index (χ3n) is 4.21. The number of hydrogen-bond acceptors (Lipinski definition) is 2. The Morgan fingerprint density at radius 2 is 2.05 bits per heavy atom. The molecule has 118 valence electrons. The molecule has 1 aliphatic heterocycles. The summed E-state index contributed by atoms with van der Waals surface area (Å²) in [7, 11) is 0. The van der Waals surface area contributed by atoms with Crippen LogP contribution in [0.1, 0.15) is 43.7 Å². The lowest BCUT2D eigenvalue weighted by Gasteiger charge is -2.38. The molecule has 2 rings (SSSR count). The van der Waals surface area contributed by atoms with Crippen LogP contribution in [-0.4, -0.2) is 19.1 Å². The van der Waals surface area contributed by atoms with Crippen molar-refractivity contribution >= 4 is 5.69 Å². The first kappa shape index (κ1) is 16.1. The van der Waals surface area contributed by atoms with Crippen LogP contribution in [0.15, 0.2) is 18.2 Å². The molecule has 1 atom stereocenters. The summed E-state index contributed by atoms with van der Waals surface area (Å²) in [4.78, 5) is 1.94. The SMILES string of the molecule is CCC1CCCCN1c1ccc(CCN)cc1C(F)(F)F. The molecule has 0 bridgehead atoms. The second-order valence-corrected chi connectivity index (χ2v) is 5.64. The van der Waals surface area contributed by atoms with Gasteiger partial charge in [-0.3, -0.25) is 0 Å². The minimum absolute atomic E-state index is 0.209. The van der Waals surface area contributed by atoms with Gasteiger partial charge in [0.2, 0.25) is 0 Å². The summed E-state index contributed by atoms with van der Waals surface area (Å²) < 4.78 is 40.2. The van der Waals surface area contributed by atoms with E-state index in [2.05, 4.69) is 0 Å². The van der Waals surface area contributed by atoms with Gasteiger partial charge in [-0.05, 0) is 56.3 Å². The van der Waals surface area contributed by atoms with E-state index in [1.165, 1.54) is 6.07 Å². The summed E-state index contributed by atoms with van der Waals surface area (Å²) in [5.41, 5.74) is 5.91. The number of nitrogens with two attached hydrogens (primary N) is 1. The third kappa shape index (κ3) is 3.70. The Hall–Kier alpha value is -1.23. The van der Waals surface area contributed by atoms with E-state index in [1.807, 2.05) is 11.8 Å². The molecule has 1 aliphatic rings. The first-order valence-corrected chi connectivity index (χ1v) is 7.64. The van der Waals surface area contributed by atoms with Crippen LogP contribution >= 0.6 is 0 Å². The Bertz CT molecular complexity index is 471. The van der Waals surface area contributed by atoms with Crippen molar-refractivity contribution in [1.82, 2.24) is 0 Å². The highest BCUT2D eigenvalue weighted by molar-refractivity contribution is 5.57. The quantitative estimate of drug-likeness (QED) is 0.911. The predicted molar refractivity (Wildman–Crippen MR) is 79.5 cm³/mol. The zero-order valence-corrected chi connectivity index (χ0v) is 12.4.